The van der Waals surface area contributed by atoms with Crippen LogP contribution in [0, 0.1) is 0 Å². The van der Waals surface area contributed by atoms with Crippen LogP contribution >= 0.6 is 22.7 Å². The summed E-state index contributed by atoms with van der Waals surface area (Å²) in [5.74, 6) is 0. The van der Waals surface area contributed by atoms with Crippen molar-refractivity contribution in [3.05, 3.63) is 182 Å². The van der Waals surface area contributed by atoms with Crippen LogP contribution in [-0.2, 0) is 0 Å². The number of thiazole rings is 1. The predicted molar refractivity (Wildman–Crippen MR) is 231 cm³/mol. The fraction of sp³-hybridized carbons (Fsp3) is 0. The minimum absolute atomic E-state index is 0.907. The molecule has 54 heavy (non-hydrogen) atoms. The highest BCUT2D eigenvalue weighted by molar-refractivity contribution is 7.26. The Bertz CT molecular complexity index is 3160. The molecule has 0 amide bonds. The van der Waals surface area contributed by atoms with Crippen molar-refractivity contribution in [2.45, 2.75) is 0 Å². The number of hydrogen-bond donors (Lipinski definition) is 0. The molecule has 11 aromatic rings. The summed E-state index contributed by atoms with van der Waals surface area (Å²) < 4.78 is 10.1. The van der Waals surface area contributed by atoms with Crippen molar-refractivity contribution < 1.29 is 4.42 Å². The van der Waals surface area contributed by atoms with E-state index in [1.54, 1.807) is 11.3 Å². The molecule has 0 aliphatic carbocycles. The van der Waals surface area contributed by atoms with Crippen LogP contribution in [0.1, 0.15) is 0 Å². The average molecular weight is 727 g/mol. The molecule has 3 heterocycles. The summed E-state index contributed by atoms with van der Waals surface area (Å²) >= 11 is 3.59. The monoisotopic (exact) mass is 726 g/mol. The van der Waals surface area contributed by atoms with E-state index in [4.69, 9.17) is 9.40 Å². The molecule has 0 saturated heterocycles. The van der Waals surface area contributed by atoms with Crippen LogP contribution in [0.4, 0.5) is 17.1 Å². The van der Waals surface area contributed by atoms with E-state index in [-0.39, 0.29) is 0 Å². The molecule has 0 aliphatic rings. The number of fused-ring (bicyclic) bond motifs is 8. The lowest BCUT2D eigenvalue weighted by molar-refractivity contribution is 0.670. The van der Waals surface area contributed by atoms with E-state index in [2.05, 4.69) is 175 Å². The van der Waals surface area contributed by atoms with Gasteiger partial charge in [0.15, 0.2) is 0 Å². The normalized spacial score (nSPS) is 11.7. The number of anilines is 3. The summed E-state index contributed by atoms with van der Waals surface area (Å²) in [7, 11) is 0. The van der Waals surface area contributed by atoms with Crippen molar-refractivity contribution in [1.82, 2.24) is 4.98 Å². The Morgan fingerprint density at radius 1 is 0.426 bits per heavy atom. The largest absolute Gasteiger partial charge is 0.455 e. The highest BCUT2D eigenvalue weighted by Crippen LogP contribution is 2.45. The van der Waals surface area contributed by atoms with Crippen LogP contribution in [-0.4, -0.2) is 4.98 Å². The maximum atomic E-state index is 6.41. The molecule has 0 atom stereocenters. The summed E-state index contributed by atoms with van der Waals surface area (Å²) in [4.78, 5) is 7.57. The van der Waals surface area contributed by atoms with Crippen LogP contribution in [0.3, 0.4) is 0 Å². The molecular formula is C49H30N2OS2. The van der Waals surface area contributed by atoms with Crippen molar-refractivity contribution >= 4 is 92.1 Å². The Morgan fingerprint density at radius 2 is 1.11 bits per heavy atom. The van der Waals surface area contributed by atoms with Crippen LogP contribution in [0.25, 0.3) is 85.2 Å². The van der Waals surface area contributed by atoms with Gasteiger partial charge in [0.2, 0.25) is 0 Å². The van der Waals surface area contributed by atoms with Gasteiger partial charge in [-0.1, -0.05) is 127 Å². The standard InChI is InChI=1S/C49H30N2OS2/c1-3-11-31(12-4-1)34-15-9-16-36(29-34)51(35-23-21-32(22-24-35)38-18-10-19-40-39-17-7-8-20-42(39)52-48(38)40)37-25-26-41-45(30-37)53-43-27-28-44-47(46(41)43)50-49(54-44)33-13-5-2-6-14-33/h1-30H. The Hall–Kier alpha value is -6.53. The zero-order valence-electron chi connectivity index (χ0n) is 28.9. The van der Waals surface area contributed by atoms with Crippen molar-refractivity contribution in [2.75, 3.05) is 4.90 Å². The lowest BCUT2D eigenvalue weighted by Crippen LogP contribution is -2.09. The van der Waals surface area contributed by atoms with E-state index in [0.717, 1.165) is 66.2 Å². The third-order valence-electron chi connectivity index (χ3n) is 10.3. The Morgan fingerprint density at radius 3 is 1.96 bits per heavy atom. The van der Waals surface area contributed by atoms with Crippen LogP contribution < -0.4 is 4.90 Å². The van der Waals surface area contributed by atoms with Crippen LogP contribution in [0.2, 0.25) is 0 Å². The molecular weight excluding hydrogens is 697 g/mol. The minimum Gasteiger partial charge on any atom is -0.455 e. The third-order valence-corrected chi connectivity index (χ3v) is 12.5. The van der Waals surface area contributed by atoms with Gasteiger partial charge >= 0.3 is 0 Å². The van der Waals surface area contributed by atoms with Crippen molar-refractivity contribution in [3.63, 3.8) is 0 Å². The molecule has 0 bridgehead atoms. The molecule has 0 fully saturated rings. The quantitative estimate of drug-likeness (QED) is 0.171. The van der Waals surface area contributed by atoms with Gasteiger partial charge in [0, 0.05) is 59.1 Å². The Balaban J connectivity index is 1.05. The molecule has 0 saturated carbocycles. The molecule has 5 heteroatoms. The maximum Gasteiger partial charge on any atom is 0.143 e. The number of rotatable bonds is 6. The number of para-hydroxylation sites is 2. The summed E-state index contributed by atoms with van der Waals surface area (Å²) in [6.45, 7) is 0. The van der Waals surface area contributed by atoms with Gasteiger partial charge in [-0.3, -0.25) is 0 Å². The molecule has 3 nitrogen and oxygen atoms in total. The smallest absolute Gasteiger partial charge is 0.143 e. The highest BCUT2D eigenvalue weighted by atomic mass is 32.1. The number of nitrogens with zero attached hydrogens (tertiary/aromatic N) is 2. The second kappa shape index (κ2) is 12.6. The zero-order chi connectivity index (χ0) is 35.6. The van der Waals surface area contributed by atoms with Crippen LogP contribution in [0.15, 0.2) is 186 Å². The average Bonchev–Trinajstić information content (AvgIpc) is 3.95. The fourth-order valence-corrected chi connectivity index (χ4v) is 9.87. The lowest BCUT2D eigenvalue weighted by Gasteiger charge is -2.26. The zero-order valence-corrected chi connectivity index (χ0v) is 30.6. The van der Waals surface area contributed by atoms with Crippen LogP contribution in [0.5, 0.6) is 0 Å². The van der Waals surface area contributed by atoms with E-state index < -0.39 is 0 Å². The molecule has 11 rings (SSSR count). The summed E-state index contributed by atoms with van der Waals surface area (Å²) in [5.41, 5.74) is 11.9. The van der Waals surface area contributed by atoms with E-state index in [9.17, 15) is 0 Å². The second-order valence-electron chi connectivity index (χ2n) is 13.5. The molecule has 0 unspecified atom stereocenters. The van der Waals surface area contributed by atoms with Gasteiger partial charge in [0.1, 0.15) is 16.2 Å². The van der Waals surface area contributed by atoms with Gasteiger partial charge in [-0.15, -0.1) is 22.7 Å². The van der Waals surface area contributed by atoms with E-state index in [0.29, 0.717) is 0 Å². The number of hydrogen-bond acceptors (Lipinski definition) is 5. The number of benzene rings is 8. The molecule has 0 spiro atoms. The van der Waals surface area contributed by atoms with Gasteiger partial charge in [-0.25, -0.2) is 4.98 Å². The number of furan rings is 1. The van der Waals surface area contributed by atoms with E-state index in [1.807, 2.05) is 23.5 Å². The first-order chi connectivity index (χ1) is 26.7. The summed E-state index contributed by atoms with van der Waals surface area (Å²) in [6.07, 6.45) is 0. The first kappa shape index (κ1) is 31.0. The van der Waals surface area contributed by atoms with Gasteiger partial charge in [-0.05, 0) is 71.3 Å². The first-order valence-corrected chi connectivity index (χ1v) is 19.7. The maximum absolute atomic E-state index is 6.41. The van der Waals surface area contributed by atoms with E-state index >= 15 is 0 Å². The lowest BCUT2D eigenvalue weighted by atomic mass is 10.0. The molecule has 254 valence electrons. The molecule has 8 aromatic carbocycles. The summed E-state index contributed by atoms with van der Waals surface area (Å²) in [5, 5.41) is 5.80. The molecule has 0 radical (unpaired) electrons. The molecule has 0 N–H and O–H groups in total. The predicted octanol–water partition coefficient (Wildman–Crippen LogP) is 15.0. The van der Waals surface area contributed by atoms with Crippen molar-refractivity contribution in [1.29, 1.82) is 0 Å². The Kier molecular flexibility index (Phi) is 7.22. The molecule has 3 aromatic heterocycles. The molecule has 0 aliphatic heterocycles. The number of aromatic nitrogens is 1. The van der Waals surface area contributed by atoms with Gasteiger partial charge in [0.25, 0.3) is 0 Å². The second-order valence-corrected chi connectivity index (χ2v) is 15.6. The van der Waals surface area contributed by atoms with Crippen molar-refractivity contribution in [3.8, 4) is 32.8 Å². The fourth-order valence-electron chi connectivity index (χ4n) is 7.75. The highest BCUT2D eigenvalue weighted by Gasteiger charge is 2.19. The Labute approximate surface area is 319 Å². The van der Waals surface area contributed by atoms with E-state index in [1.165, 1.54) is 36.0 Å². The van der Waals surface area contributed by atoms with Gasteiger partial charge in [0.05, 0.1) is 10.2 Å². The van der Waals surface area contributed by atoms with Gasteiger partial charge < -0.3 is 9.32 Å². The first-order valence-electron chi connectivity index (χ1n) is 18.0. The SMILES string of the molecule is c1ccc(-c2cccc(N(c3ccc(-c4cccc5c4oc4ccccc45)cc3)c3ccc4c(c3)sc3ccc5sc(-c6ccccc6)nc5c34)c2)cc1. The van der Waals surface area contributed by atoms with Gasteiger partial charge in [-0.2, -0.15) is 0 Å². The topological polar surface area (TPSA) is 29.3 Å². The summed E-state index contributed by atoms with van der Waals surface area (Å²) in [6, 6.07) is 64.9. The third kappa shape index (κ3) is 5.12. The number of thiophene rings is 1. The van der Waals surface area contributed by atoms with Crippen molar-refractivity contribution in [2.24, 2.45) is 0 Å². The minimum atomic E-state index is 0.907.